The van der Waals surface area contributed by atoms with Gasteiger partial charge in [0.25, 0.3) is 10.0 Å². The number of halogens is 1. The van der Waals surface area contributed by atoms with Crippen LogP contribution in [0.1, 0.15) is 0 Å². The van der Waals surface area contributed by atoms with Crippen molar-refractivity contribution in [3.63, 3.8) is 0 Å². The average molecular weight is 327 g/mol. The Morgan fingerprint density at radius 2 is 1.48 bits per heavy atom. The predicted octanol–water partition coefficient (Wildman–Crippen LogP) is 4.29. The van der Waals surface area contributed by atoms with Gasteiger partial charge in [0.2, 0.25) is 0 Å². The van der Waals surface area contributed by atoms with Crippen LogP contribution >= 0.6 is 0 Å². The molecule has 0 aliphatic carbocycles. The first-order valence-corrected chi connectivity index (χ1v) is 8.47. The summed E-state index contributed by atoms with van der Waals surface area (Å²) in [6.07, 6.45) is 0. The summed E-state index contributed by atoms with van der Waals surface area (Å²) >= 11 is 0. The normalized spacial score (nSPS) is 11.2. The fraction of sp³-hybridized carbons (Fsp3) is 0. The lowest BCUT2D eigenvalue weighted by Crippen LogP contribution is -2.13. The molecule has 0 aromatic heterocycles. The van der Waals surface area contributed by atoms with Crippen molar-refractivity contribution in [3.8, 4) is 11.1 Å². The quantitative estimate of drug-likeness (QED) is 0.777. The highest BCUT2D eigenvalue weighted by atomic mass is 32.2. The Kier molecular flexibility index (Phi) is 4.12. The molecule has 116 valence electrons. The van der Waals surface area contributed by atoms with Gasteiger partial charge in [0.15, 0.2) is 0 Å². The van der Waals surface area contributed by atoms with Crippen LogP contribution in [-0.4, -0.2) is 8.42 Å². The van der Waals surface area contributed by atoms with Crippen molar-refractivity contribution in [3.05, 3.63) is 84.7 Å². The summed E-state index contributed by atoms with van der Waals surface area (Å²) in [5.74, 6) is -0.593. The van der Waals surface area contributed by atoms with Crippen LogP contribution in [0.4, 0.5) is 10.1 Å². The van der Waals surface area contributed by atoms with Crippen molar-refractivity contribution in [2.24, 2.45) is 0 Å². The van der Waals surface area contributed by atoms with Gasteiger partial charge < -0.3 is 0 Å². The Morgan fingerprint density at radius 1 is 0.783 bits per heavy atom. The molecule has 1 N–H and O–H groups in total. The number of hydrogen-bond donors (Lipinski definition) is 1. The van der Waals surface area contributed by atoms with Crippen molar-refractivity contribution in [2.75, 3.05) is 4.72 Å². The number of para-hydroxylation sites is 1. The van der Waals surface area contributed by atoms with Gasteiger partial charge in [-0.1, -0.05) is 54.6 Å². The van der Waals surface area contributed by atoms with Gasteiger partial charge in [-0.3, -0.25) is 4.72 Å². The minimum atomic E-state index is -3.86. The maximum absolute atomic E-state index is 13.3. The fourth-order valence-electron chi connectivity index (χ4n) is 2.28. The Morgan fingerprint density at radius 3 is 2.22 bits per heavy atom. The van der Waals surface area contributed by atoms with Crippen molar-refractivity contribution < 1.29 is 12.8 Å². The molecule has 0 atom stereocenters. The lowest BCUT2D eigenvalue weighted by atomic mass is 10.0. The second-order valence-electron chi connectivity index (χ2n) is 4.97. The molecule has 0 saturated carbocycles. The summed E-state index contributed by atoms with van der Waals surface area (Å²) in [5, 5.41) is 0. The van der Waals surface area contributed by atoms with E-state index in [1.54, 1.807) is 12.1 Å². The maximum atomic E-state index is 13.3. The highest BCUT2D eigenvalue weighted by molar-refractivity contribution is 7.92. The minimum Gasteiger partial charge on any atom is -0.279 e. The standard InChI is InChI=1S/C18H14FNO2S/c19-15-9-6-10-16(13-15)23(21,22)20-18-12-5-4-11-17(18)14-7-2-1-3-8-14/h1-13,20H. The Balaban J connectivity index is 2.01. The molecular formula is C18H14FNO2S. The van der Waals surface area contributed by atoms with Crippen molar-refractivity contribution in [1.29, 1.82) is 0 Å². The first kappa shape index (κ1) is 15.2. The van der Waals surface area contributed by atoms with Gasteiger partial charge in [-0.05, 0) is 29.8 Å². The molecule has 3 nitrogen and oxygen atoms in total. The van der Waals surface area contributed by atoms with Crippen LogP contribution in [0.25, 0.3) is 11.1 Å². The largest absolute Gasteiger partial charge is 0.279 e. The van der Waals surface area contributed by atoms with E-state index >= 15 is 0 Å². The minimum absolute atomic E-state index is 0.111. The van der Waals surface area contributed by atoms with E-state index in [1.807, 2.05) is 42.5 Å². The molecule has 3 aromatic carbocycles. The molecule has 0 spiro atoms. The summed E-state index contributed by atoms with van der Waals surface area (Å²) in [6, 6.07) is 21.5. The van der Waals surface area contributed by atoms with Gasteiger partial charge in [-0.2, -0.15) is 0 Å². The summed E-state index contributed by atoms with van der Waals surface area (Å²) in [7, 11) is -3.86. The molecule has 0 bridgehead atoms. The van der Waals surface area contributed by atoms with Crippen LogP contribution in [0.3, 0.4) is 0 Å². The summed E-state index contributed by atoms with van der Waals surface area (Å²) in [6.45, 7) is 0. The number of benzene rings is 3. The Bertz CT molecular complexity index is 925. The van der Waals surface area contributed by atoms with Crippen molar-refractivity contribution >= 4 is 15.7 Å². The van der Waals surface area contributed by atoms with Gasteiger partial charge in [0, 0.05) is 5.56 Å². The molecular weight excluding hydrogens is 313 g/mol. The topological polar surface area (TPSA) is 46.2 Å². The molecule has 0 heterocycles. The van der Waals surface area contributed by atoms with Crippen LogP contribution in [0.5, 0.6) is 0 Å². The van der Waals surface area contributed by atoms with Gasteiger partial charge >= 0.3 is 0 Å². The van der Waals surface area contributed by atoms with Crippen LogP contribution in [0, 0.1) is 5.82 Å². The van der Waals surface area contributed by atoms with Crippen molar-refractivity contribution in [2.45, 2.75) is 4.90 Å². The predicted molar refractivity (Wildman–Crippen MR) is 89.1 cm³/mol. The van der Waals surface area contributed by atoms with E-state index in [-0.39, 0.29) is 4.90 Å². The third kappa shape index (κ3) is 3.40. The Hall–Kier alpha value is -2.66. The van der Waals surface area contributed by atoms with E-state index in [0.29, 0.717) is 5.69 Å². The summed E-state index contributed by atoms with van der Waals surface area (Å²) in [5.41, 5.74) is 2.10. The molecule has 5 heteroatoms. The zero-order chi connectivity index (χ0) is 16.3. The lowest BCUT2D eigenvalue weighted by Gasteiger charge is -2.13. The molecule has 0 saturated heterocycles. The number of anilines is 1. The lowest BCUT2D eigenvalue weighted by molar-refractivity contribution is 0.595. The van der Waals surface area contributed by atoms with E-state index < -0.39 is 15.8 Å². The van der Waals surface area contributed by atoms with E-state index in [1.165, 1.54) is 18.2 Å². The number of hydrogen-bond acceptors (Lipinski definition) is 2. The zero-order valence-corrected chi connectivity index (χ0v) is 12.9. The highest BCUT2D eigenvalue weighted by Gasteiger charge is 2.16. The smallest absolute Gasteiger partial charge is 0.262 e. The van der Waals surface area contributed by atoms with Gasteiger partial charge in [0.05, 0.1) is 10.6 Å². The van der Waals surface area contributed by atoms with Gasteiger partial charge in [-0.25, -0.2) is 12.8 Å². The molecule has 0 radical (unpaired) electrons. The molecule has 0 aliphatic heterocycles. The first-order chi connectivity index (χ1) is 11.1. The zero-order valence-electron chi connectivity index (χ0n) is 12.1. The van der Waals surface area contributed by atoms with E-state index in [0.717, 1.165) is 17.2 Å². The molecule has 0 amide bonds. The van der Waals surface area contributed by atoms with Crippen LogP contribution in [0.15, 0.2) is 83.8 Å². The second kappa shape index (κ2) is 6.22. The molecule has 3 aromatic rings. The number of nitrogens with one attached hydrogen (secondary N) is 1. The van der Waals surface area contributed by atoms with Gasteiger partial charge in [0.1, 0.15) is 5.82 Å². The Labute approximate surface area is 134 Å². The maximum Gasteiger partial charge on any atom is 0.262 e. The third-order valence-electron chi connectivity index (χ3n) is 3.36. The van der Waals surface area contributed by atoms with E-state index in [9.17, 15) is 12.8 Å². The van der Waals surface area contributed by atoms with E-state index in [4.69, 9.17) is 0 Å². The number of sulfonamides is 1. The summed E-state index contributed by atoms with van der Waals surface area (Å²) < 4.78 is 40.7. The molecule has 0 fully saturated rings. The number of rotatable bonds is 4. The molecule has 0 aliphatic rings. The molecule has 3 rings (SSSR count). The van der Waals surface area contributed by atoms with Crippen LogP contribution in [0.2, 0.25) is 0 Å². The van der Waals surface area contributed by atoms with Crippen LogP contribution < -0.4 is 4.72 Å². The molecule has 0 unspecified atom stereocenters. The monoisotopic (exact) mass is 327 g/mol. The van der Waals surface area contributed by atoms with E-state index in [2.05, 4.69) is 4.72 Å². The highest BCUT2D eigenvalue weighted by Crippen LogP contribution is 2.29. The first-order valence-electron chi connectivity index (χ1n) is 6.99. The fourth-order valence-corrected chi connectivity index (χ4v) is 3.39. The molecule has 23 heavy (non-hydrogen) atoms. The second-order valence-corrected chi connectivity index (χ2v) is 6.66. The van der Waals surface area contributed by atoms with Gasteiger partial charge in [-0.15, -0.1) is 0 Å². The van der Waals surface area contributed by atoms with Crippen LogP contribution in [-0.2, 0) is 10.0 Å². The third-order valence-corrected chi connectivity index (χ3v) is 4.73. The average Bonchev–Trinajstić information content (AvgIpc) is 2.56. The SMILES string of the molecule is O=S(=O)(Nc1ccccc1-c1ccccc1)c1cccc(F)c1. The van der Waals surface area contributed by atoms with Crippen molar-refractivity contribution in [1.82, 2.24) is 0 Å². The summed E-state index contributed by atoms with van der Waals surface area (Å²) in [4.78, 5) is -0.111.